The zero-order chi connectivity index (χ0) is 26.7. The van der Waals surface area contributed by atoms with Gasteiger partial charge in [0.2, 0.25) is 0 Å². The Hall–Kier alpha value is -3.93. The number of aliphatic hydroxyl groups is 1. The van der Waals surface area contributed by atoms with Crippen molar-refractivity contribution in [2.45, 2.75) is 23.8 Å². The van der Waals surface area contributed by atoms with Crippen LogP contribution in [0.2, 0.25) is 0 Å². The molecule has 1 aliphatic heterocycles. The Morgan fingerprint density at radius 1 is 1.08 bits per heavy atom. The van der Waals surface area contributed by atoms with Crippen LogP contribution in [0.1, 0.15) is 17.5 Å². The van der Waals surface area contributed by atoms with Crippen molar-refractivity contribution in [1.29, 1.82) is 0 Å². The fraction of sp³-hybridized carbons (Fsp3) is 0.185. The summed E-state index contributed by atoms with van der Waals surface area (Å²) in [6.07, 6.45) is 4.80. The number of rotatable bonds is 5. The molecule has 0 saturated carbocycles. The third-order valence-electron chi connectivity index (χ3n) is 6.85. The summed E-state index contributed by atoms with van der Waals surface area (Å²) in [5, 5.41) is 13.5. The van der Waals surface area contributed by atoms with Crippen LogP contribution in [-0.2, 0) is 20.4 Å². The van der Waals surface area contributed by atoms with E-state index in [1.54, 1.807) is 49.5 Å². The Balaban J connectivity index is 1.42. The minimum Gasteiger partial charge on any atom is -0.375 e. The van der Waals surface area contributed by atoms with Gasteiger partial charge in [0.25, 0.3) is 15.9 Å². The number of aryl methyl sites for hydroxylation is 1. The highest BCUT2D eigenvalue weighted by Gasteiger charge is 2.45. The molecule has 1 aliphatic rings. The molecule has 0 bridgehead atoms. The Morgan fingerprint density at radius 3 is 2.58 bits per heavy atom. The summed E-state index contributed by atoms with van der Waals surface area (Å²) in [7, 11) is -2.24. The topological polar surface area (TPSA) is 118 Å². The normalized spacial score (nSPS) is 18.0. The number of carbonyl (C=O) groups is 1. The van der Waals surface area contributed by atoms with E-state index in [0.717, 1.165) is 15.1 Å². The minimum absolute atomic E-state index is 0.152. The third-order valence-corrected chi connectivity index (χ3v) is 9.39. The van der Waals surface area contributed by atoms with E-state index in [0.29, 0.717) is 40.3 Å². The monoisotopic (exact) mass is 545 g/mol. The molecule has 11 heteroatoms. The summed E-state index contributed by atoms with van der Waals surface area (Å²) in [4.78, 5) is 27.8. The Bertz CT molecular complexity index is 1810. The van der Waals surface area contributed by atoms with Crippen LogP contribution in [0.4, 0.5) is 0 Å². The molecule has 0 spiro atoms. The average Bonchev–Trinajstić information content (AvgIpc) is 3.63. The van der Waals surface area contributed by atoms with E-state index in [9.17, 15) is 18.3 Å². The number of aromatic nitrogens is 4. The number of nitrogens with zero attached hydrogens (tertiary/aromatic N) is 5. The van der Waals surface area contributed by atoms with Gasteiger partial charge in [-0.05, 0) is 30.7 Å². The van der Waals surface area contributed by atoms with Gasteiger partial charge < -0.3 is 10.0 Å². The first-order chi connectivity index (χ1) is 18.2. The number of likely N-dealkylation sites (N-methyl/N-ethyl adjacent to an activating group) is 1. The van der Waals surface area contributed by atoms with Crippen LogP contribution in [0.3, 0.4) is 0 Å². The van der Waals surface area contributed by atoms with E-state index in [1.165, 1.54) is 34.8 Å². The first-order valence-electron chi connectivity index (χ1n) is 11.9. The molecule has 1 fully saturated rings. The van der Waals surface area contributed by atoms with Crippen LogP contribution in [0.5, 0.6) is 0 Å². The molecule has 5 aromatic rings. The van der Waals surface area contributed by atoms with E-state index >= 15 is 0 Å². The van der Waals surface area contributed by atoms with E-state index in [2.05, 4.69) is 9.97 Å². The molecular formula is C27H23N5O4S2. The lowest BCUT2D eigenvalue weighted by Crippen LogP contribution is -2.36. The maximum atomic E-state index is 13.5. The number of thiazole rings is 1. The van der Waals surface area contributed by atoms with Crippen molar-refractivity contribution in [2.75, 3.05) is 13.6 Å². The van der Waals surface area contributed by atoms with Crippen molar-refractivity contribution >= 4 is 38.4 Å². The molecule has 4 heterocycles. The van der Waals surface area contributed by atoms with E-state index in [1.807, 2.05) is 18.4 Å². The van der Waals surface area contributed by atoms with Crippen molar-refractivity contribution in [3.05, 3.63) is 83.6 Å². The zero-order valence-electron chi connectivity index (χ0n) is 20.6. The van der Waals surface area contributed by atoms with Crippen LogP contribution in [-0.4, -0.2) is 56.8 Å². The highest BCUT2D eigenvalue weighted by atomic mass is 32.2. The fourth-order valence-electron chi connectivity index (χ4n) is 4.67. The lowest BCUT2D eigenvalue weighted by Gasteiger charge is -2.21. The van der Waals surface area contributed by atoms with E-state index in [4.69, 9.17) is 4.98 Å². The largest absolute Gasteiger partial charge is 0.375 e. The summed E-state index contributed by atoms with van der Waals surface area (Å²) in [6, 6.07) is 13.8. The van der Waals surface area contributed by atoms with Crippen molar-refractivity contribution in [3.63, 3.8) is 0 Å². The zero-order valence-corrected chi connectivity index (χ0v) is 22.2. The van der Waals surface area contributed by atoms with Crippen molar-refractivity contribution in [1.82, 2.24) is 23.8 Å². The van der Waals surface area contributed by atoms with E-state index < -0.39 is 15.6 Å². The maximum absolute atomic E-state index is 13.5. The third kappa shape index (κ3) is 3.82. The second-order valence-electron chi connectivity index (χ2n) is 9.34. The van der Waals surface area contributed by atoms with Gasteiger partial charge >= 0.3 is 0 Å². The lowest BCUT2D eigenvalue weighted by atomic mass is 9.90. The molecule has 0 unspecified atom stereocenters. The van der Waals surface area contributed by atoms with Gasteiger partial charge in [0.1, 0.15) is 10.5 Å². The highest BCUT2D eigenvalue weighted by Crippen LogP contribution is 2.37. The van der Waals surface area contributed by atoms with Crippen molar-refractivity contribution < 1.29 is 18.3 Å². The van der Waals surface area contributed by atoms with Gasteiger partial charge in [-0.25, -0.2) is 22.4 Å². The van der Waals surface area contributed by atoms with Gasteiger partial charge in [0.15, 0.2) is 11.2 Å². The summed E-state index contributed by atoms with van der Waals surface area (Å²) in [5.41, 5.74) is 2.48. The molecule has 9 nitrogen and oxygen atoms in total. The number of benzene rings is 2. The molecule has 2 aromatic carbocycles. The number of carbonyl (C=O) groups excluding carboxylic acids is 1. The lowest BCUT2D eigenvalue weighted by molar-refractivity contribution is -0.143. The Kier molecular flexibility index (Phi) is 5.67. The van der Waals surface area contributed by atoms with Crippen LogP contribution in [0.15, 0.2) is 77.4 Å². The average molecular weight is 546 g/mol. The van der Waals surface area contributed by atoms with Gasteiger partial charge in [-0.2, -0.15) is 0 Å². The molecule has 38 heavy (non-hydrogen) atoms. The van der Waals surface area contributed by atoms with Crippen molar-refractivity contribution in [3.8, 4) is 21.8 Å². The van der Waals surface area contributed by atoms with Gasteiger partial charge in [-0.3, -0.25) is 9.78 Å². The second-order valence-corrected chi connectivity index (χ2v) is 12.0. The molecule has 1 N–H and O–H groups in total. The molecule has 1 saturated heterocycles. The quantitative estimate of drug-likeness (QED) is 0.357. The number of likely N-dealkylation sites (tertiary alicyclic amines) is 1. The first-order valence-corrected chi connectivity index (χ1v) is 14.2. The Labute approximate surface area is 223 Å². The number of amides is 1. The maximum Gasteiger partial charge on any atom is 0.269 e. The number of hydrogen-bond acceptors (Lipinski definition) is 8. The predicted molar refractivity (Wildman–Crippen MR) is 144 cm³/mol. The standard InChI is InChI=1S/C27H23N5O4S2/c1-17-6-8-20(9-7-17)38(35,36)32-15-21(23-24(32)29-12-11-28-23)25-30-22(16-37-25)18-4-3-5-19(14-18)27(34)10-13-31(2)26(27)33/h3-9,11-12,14-16,34H,10,13H2,1-2H3/t27-/m1/s1. The van der Waals surface area contributed by atoms with Gasteiger partial charge in [0.05, 0.1) is 16.2 Å². The molecule has 192 valence electrons. The van der Waals surface area contributed by atoms with Gasteiger partial charge in [-0.1, -0.05) is 35.9 Å². The fourth-order valence-corrected chi connectivity index (χ4v) is 6.82. The SMILES string of the molecule is Cc1ccc(S(=O)(=O)n2cc(-c3nc(-c4cccc([C@]5(O)CCN(C)C5=O)c4)cs3)c3nccnc32)cc1. The summed E-state index contributed by atoms with van der Waals surface area (Å²) >= 11 is 1.35. The van der Waals surface area contributed by atoms with Crippen LogP contribution in [0, 0.1) is 6.92 Å². The summed E-state index contributed by atoms with van der Waals surface area (Å²) in [6.45, 7) is 2.38. The molecular weight excluding hydrogens is 522 g/mol. The second kappa shape index (κ2) is 8.83. The van der Waals surface area contributed by atoms with Gasteiger partial charge in [0, 0.05) is 49.5 Å². The molecule has 0 radical (unpaired) electrons. The molecule has 6 rings (SSSR count). The number of fused-ring (bicyclic) bond motifs is 1. The predicted octanol–water partition coefficient (Wildman–Crippen LogP) is 3.82. The van der Waals surface area contributed by atoms with Crippen LogP contribution < -0.4 is 0 Å². The molecule has 1 amide bonds. The van der Waals surface area contributed by atoms with E-state index in [-0.39, 0.29) is 16.4 Å². The first kappa shape index (κ1) is 24.4. The molecule has 1 atom stereocenters. The Morgan fingerprint density at radius 2 is 1.84 bits per heavy atom. The van der Waals surface area contributed by atoms with Crippen molar-refractivity contribution in [2.24, 2.45) is 0 Å². The highest BCUT2D eigenvalue weighted by molar-refractivity contribution is 7.90. The minimum atomic E-state index is -3.92. The summed E-state index contributed by atoms with van der Waals surface area (Å²) < 4.78 is 28.1. The smallest absolute Gasteiger partial charge is 0.269 e. The number of hydrogen-bond donors (Lipinski definition) is 1. The molecule has 0 aliphatic carbocycles. The molecule has 3 aromatic heterocycles. The summed E-state index contributed by atoms with van der Waals surface area (Å²) in [5.74, 6) is -0.324. The van der Waals surface area contributed by atoms with Crippen LogP contribution >= 0.6 is 11.3 Å². The van der Waals surface area contributed by atoms with Crippen LogP contribution in [0.25, 0.3) is 33.0 Å². The van der Waals surface area contributed by atoms with Gasteiger partial charge in [-0.15, -0.1) is 11.3 Å².